The highest BCUT2D eigenvalue weighted by molar-refractivity contribution is 5.78. The van der Waals surface area contributed by atoms with Gasteiger partial charge in [-0.2, -0.15) is 0 Å². The Morgan fingerprint density at radius 2 is 1.75 bits per heavy atom. The summed E-state index contributed by atoms with van der Waals surface area (Å²) in [5.74, 6) is -0.0478. The van der Waals surface area contributed by atoms with Gasteiger partial charge in [0, 0.05) is 13.1 Å². The summed E-state index contributed by atoms with van der Waals surface area (Å²) >= 11 is 0. The van der Waals surface area contributed by atoms with Crippen LogP contribution in [0.2, 0.25) is 0 Å². The molecule has 2 aromatic carbocycles. The lowest BCUT2D eigenvalue weighted by molar-refractivity contribution is -0.120. The highest BCUT2D eigenvalue weighted by atomic mass is 16.6. The second kappa shape index (κ2) is 7.64. The highest BCUT2D eigenvalue weighted by Gasteiger charge is 2.31. The summed E-state index contributed by atoms with van der Waals surface area (Å²) in [7, 11) is 0. The van der Waals surface area contributed by atoms with Crippen LogP contribution in [-0.2, 0) is 16.0 Å². The van der Waals surface area contributed by atoms with Crippen molar-refractivity contribution in [2.45, 2.75) is 12.5 Å². The molecule has 0 aromatic heterocycles. The number of nitrogens with one attached hydrogen (secondary N) is 1. The van der Waals surface area contributed by atoms with Crippen LogP contribution in [0.5, 0.6) is 0 Å². The first-order valence-corrected chi connectivity index (χ1v) is 8.03. The van der Waals surface area contributed by atoms with Crippen molar-refractivity contribution in [2.24, 2.45) is 0 Å². The van der Waals surface area contributed by atoms with Gasteiger partial charge in [-0.3, -0.25) is 4.79 Å². The van der Waals surface area contributed by atoms with Crippen molar-refractivity contribution in [2.75, 3.05) is 19.6 Å². The molecule has 0 bridgehead atoms. The summed E-state index contributed by atoms with van der Waals surface area (Å²) in [5, 5.41) is 2.84. The van der Waals surface area contributed by atoms with Crippen molar-refractivity contribution in [1.29, 1.82) is 0 Å². The maximum Gasteiger partial charge on any atom is 0.410 e. The Hall–Kier alpha value is -2.82. The van der Waals surface area contributed by atoms with E-state index in [1.54, 1.807) is 4.90 Å². The Labute approximate surface area is 141 Å². The molecule has 5 nitrogen and oxygen atoms in total. The number of carbonyl (C=O) groups excluding carboxylic acids is 2. The van der Waals surface area contributed by atoms with Gasteiger partial charge < -0.3 is 15.0 Å². The van der Waals surface area contributed by atoms with E-state index in [1.165, 1.54) is 0 Å². The molecule has 1 fully saturated rings. The molecule has 1 aliphatic heterocycles. The zero-order valence-corrected chi connectivity index (χ0v) is 13.4. The number of ether oxygens (including phenoxy) is 1. The van der Waals surface area contributed by atoms with Crippen LogP contribution >= 0.6 is 0 Å². The third-order valence-corrected chi connectivity index (χ3v) is 3.97. The number of amides is 2. The average Bonchev–Trinajstić information content (AvgIpc) is 2.98. The molecule has 5 heteroatoms. The fourth-order valence-corrected chi connectivity index (χ4v) is 2.71. The Morgan fingerprint density at radius 3 is 2.46 bits per heavy atom. The van der Waals surface area contributed by atoms with Gasteiger partial charge >= 0.3 is 6.09 Å². The van der Waals surface area contributed by atoms with Crippen LogP contribution in [0.15, 0.2) is 60.7 Å². The van der Waals surface area contributed by atoms with E-state index in [2.05, 4.69) is 5.32 Å². The van der Waals surface area contributed by atoms with Crippen LogP contribution in [0.4, 0.5) is 4.79 Å². The second-order valence-corrected chi connectivity index (χ2v) is 5.74. The Kier molecular flexibility index (Phi) is 5.11. The van der Waals surface area contributed by atoms with E-state index in [4.69, 9.17) is 4.74 Å². The fourth-order valence-electron chi connectivity index (χ4n) is 2.71. The van der Waals surface area contributed by atoms with Gasteiger partial charge in [-0.25, -0.2) is 4.79 Å². The van der Waals surface area contributed by atoms with E-state index in [9.17, 15) is 9.59 Å². The van der Waals surface area contributed by atoms with Crippen LogP contribution in [0.1, 0.15) is 17.2 Å². The van der Waals surface area contributed by atoms with Crippen LogP contribution < -0.4 is 5.32 Å². The summed E-state index contributed by atoms with van der Waals surface area (Å²) in [4.78, 5) is 25.4. The number of cyclic esters (lactones) is 1. The molecule has 1 heterocycles. The SMILES string of the molecule is O=C(Cc1ccccc1)NCCN1CC(c2ccccc2)OC1=O. The molecule has 1 saturated heterocycles. The molecule has 124 valence electrons. The van der Waals surface area contributed by atoms with Gasteiger partial charge in [0.15, 0.2) is 0 Å². The smallest absolute Gasteiger partial charge is 0.410 e. The predicted molar refractivity (Wildman–Crippen MR) is 90.4 cm³/mol. The molecule has 2 aromatic rings. The zero-order chi connectivity index (χ0) is 16.8. The molecule has 2 amide bonds. The number of hydrogen-bond donors (Lipinski definition) is 1. The topological polar surface area (TPSA) is 58.6 Å². The third-order valence-electron chi connectivity index (χ3n) is 3.97. The number of hydrogen-bond acceptors (Lipinski definition) is 3. The third kappa shape index (κ3) is 4.13. The fraction of sp³-hybridized carbons (Fsp3) is 0.263. The molecule has 0 aliphatic carbocycles. The van der Waals surface area contributed by atoms with Gasteiger partial charge in [-0.15, -0.1) is 0 Å². The average molecular weight is 324 g/mol. The van der Waals surface area contributed by atoms with E-state index in [-0.39, 0.29) is 18.1 Å². The van der Waals surface area contributed by atoms with Crippen LogP contribution in [0.3, 0.4) is 0 Å². The molecule has 0 saturated carbocycles. The number of rotatable bonds is 6. The number of nitrogens with zero attached hydrogens (tertiary/aromatic N) is 1. The van der Waals surface area contributed by atoms with Crippen LogP contribution in [0, 0.1) is 0 Å². The normalized spacial score (nSPS) is 16.8. The predicted octanol–water partition coefficient (Wildman–Crippen LogP) is 2.54. The maximum absolute atomic E-state index is 11.9. The van der Waals surface area contributed by atoms with Crippen molar-refractivity contribution in [1.82, 2.24) is 10.2 Å². The molecule has 1 atom stereocenters. The minimum absolute atomic E-state index is 0.0478. The highest BCUT2D eigenvalue weighted by Crippen LogP contribution is 2.25. The Bertz CT molecular complexity index is 688. The zero-order valence-electron chi connectivity index (χ0n) is 13.4. The van der Waals surface area contributed by atoms with Gasteiger partial charge in [-0.05, 0) is 11.1 Å². The molecule has 1 unspecified atom stereocenters. The summed E-state index contributed by atoms with van der Waals surface area (Å²) in [5.41, 5.74) is 1.96. The van der Waals surface area contributed by atoms with Gasteiger partial charge in [0.05, 0.1) is 13.0 Å². The van der Waals surface area contributed by atoms with Gasteiger partial charge in [0.2, 0.25) is 5.91 Å². The first-order chi connectivity index (χ1) is 11.7. The second-order valence-electron chi connectivity index (χ2n) is 5.74. The molecular formula is C19H20N2O3. The largest absolute Gasteiger partial charge is 0.439 e. The van der Waals surface area contributed by atoms with Crippen LogP contribution in [-0.4, -0.2) is 36.5 Å². The molecule has 3 rings (SSSR count). The van der Waals surface area contributed by atoms with Crippen molar-refractivity contribution in [3.63, 3.8) is 0 Å². The lowest BCUT2D eigenvalue weighted by atomic mass is 10.1. The first kappa shape index (κ1) is 16.1. The summed E-state index contributed by atoms with van der Waals surface area (Å²) < 4.78 is 5.39. The lowest BCUT2D eigenvalue weighted by Crippen LogP contribution is -2.36. The van der Waals surface area contributed by atoms with Crippen molar-refractivity contribution in [3.8, 4) is 0 Å². The van der Waals surface area contributed by atoms with Crippen molar-refractivity contribution in [3.05, 3.63) is 71.8 Å². The van der Waals surface area contributed by atoms with E-state index < -0.39 is 0 Å². The quantitative estimate of drug-likeness (QED) is 0.888. The van der Waals surface area contributed by atoms with Crippen LogP contribution in [0.25, 0.3) is 0 Å². The van der Waals surface area contributed by atoms with E-state index in [0.29, 0.717) is 26.1 Å². The van der Waals surface area contributed by atoms with E-state index >= 15 is 0 Å². The first-order valence-electron chi connectivity index (χ1n) is 8.03. The molecule has 1 N–H and O–H groups in total. The van der Waals surface area contributed by atoms with Gasteiger partial charge in [0.25, 0.3) is 0 Å². The van der Waals surface area contributed by atoms with Gasteiger partial charge in [0.1, 0.15) is 6.10 Å². The Balaban J connectivity index is 1.44. The molecule has 1 aliphatic rings. The molecule has 0 spiro atoms. The number of benzene rings is 2. The summed E-state index contributed by atoms with van der Waals surface area (Å²) in [6.45, 7) is 1.38. The molecule has 0 radical (unpaired) electrons. The minimum atomic E-state index is -0.332. The van der Waals surface area contributed by atoms with Crippen molar-refractivity contribution < 1.29 is 14.3 Å². The maximum atomic E-state index is 11.9. The standard InChI is InChI=1S/C19H20N2O3/c22-18(13-15-7-3-1-4-8-15)20-11-12-21-14-17(24-19(21)23)16-9-5-2-6-10-16/h1-10,17H,11-14H2,(H,20,22). The molecular weight excluding hydrogens is 304 g/mol. The van der Waals surface area contributed by atoms with Gasteiger partial charge in [-0.1, -0.05) is 60.7 Å². The lowest BCUT2D eigenvalue weighted by Gasteiger charge is -2.13. The monoisotopic (exact) mass is 324 g/mol. The molecule has 24 heavy (non-hydrogen) atoms. The summed E-state index contributed by atoms with van der Waals surface area (Å²) in [6.07, 6.45) is -0.224. The Morgan fingerprint density at radius 1 is 1.08 bits per heavy atom. The minimum Gasteiger partial charge on any atom is -0.439 e. The van der Waals surface area contributed by atoms with Crippen molar-refractivity contribution >= 4 is 12.0 Å². The van der Waals surface area contributed by atoms with E-state index in [1.807, 2.05) is 60.7 Å². The number of carbonyl (C=O) groups is 2. The van der Waals surface area contributed by atoms with E-state index in [0.717, 1.165) is 11.1 Å². The summed E-state index contributed by atoms with van der Waals surface area (Å²) in [6, 6.07) is 19.3.